The molecule has 0 aliphatic heterocycles. The summed E-state index contributed by atoms with van der Waals surface area (Å²) in [7, 11) is 0. The fourth-order valence-electron chi connectivity index (χ4n) is 1.42. The molecule has 1 atom stereocenters. The Kier molecular flexibility index (Phi) is 5.71. The van der Waals surface area contributed by atoms with Crippen LogP contribution in [-0.2, 0) is 0 Å². The molecule has 0 rings (SSSR count). The minimum absolute atomic E-state index is 0.306. The Bertz CT molecular complexity index is 220. The van der Waals surface area contributed by atoms with Gasteiger partial charge in [-0.3, -0.25) is 0 Å². The maximum atomic E-state index is 3.86. The van der Waals surface area contributed by atoms with Crippen LogP contribution < -0.4 is 0 Å². The minimum Gasteiger partial charge on any atom is -0.354 e. The van der Waals surface area contributed by atoms with E-state index in [0.717, 1.165) is 6.54 Å². The summed E-state index contributed by atoms with van der Waals surface area (Å²) in [4.78, 5) is 2.20. The monoisotopic (exact) mass is 209 g/mol. The van der Waals surface area contributed by atoms with Crippen LogP contribution in [0, 0.1) is 11.3 Å². The molecular formula is C14H27N. The Balaban J connectivity index is 4.50. The molecule has 0 heterocycles. The molecule has 0 bridgehead atoms. The molecule has 0 spiro atoms. The molecule has 1 heteroatoms. The standard InChI is InChI=1S/C14H27N/c1-8-12(3)13(4)10-15(9-2)11-14(5,6)7/h9-10,12H,2,8,11H2,1,3-7H3/b13-10-. The van der Waals surface area contributed by atoms with Crippen LogP contribution in [0.3, 0.4) is 0 Å². The van der Waals surface area contributed by atoms with E-state index in [4.69, 9.17) is 0 Å². The van der Waals surface area contributed by atoms with E-state index < -0.39 is 0 Å². The Morgan fingerprint density at radius 1 is 1.40 bits per heavy atom. The average molecular weight is 209 g/mol. The first-order chi connectivity index (χ1) is 6.80. The lowest BCUT2D eigenvalue weighted by Crippen LogP contribution is -2.24. The fourth-order valence-corrected chi connectivity index (χ4v) is 1.42. The SMILES string of the molecule is C=CN(/C=C(/C)C(C)CC)CC(C)(C)C. The summed E-state index contributed by atoms with van der Waals surface area (Å²) >= 11 is 0. The normalized spacial score (nSPS) is 14.9. The van der Waals surface area contributed by atoms with Gasteiger partial charge in [0.15, 0.2) is 0 Å². The van der Waals surface area contributed by atoms with Crippen LogP contribution in [0.5, 0.6) is 0 Å². The summed E-state index contributed by atoms with van der Waals surface area (Å²) in [5, 5.41) is 0. The number of hydrogen-bond donors (Lipinski definition) is 0. The van der Waals surface area contributed by atoms with Crippen LogP contribution in [0.15, 0.2) is 24.6 Å². The molecule has 88 valence electrons. The van der Waals surface area contributed by atoms with Gasteiger partial charge in [0, 0.05) is 12.7 Å². The van der Waals surface area contributed by atoms with Crippen molar-refractivity contribution in [3.05, 3.63) is 24.6 Å². The van der Waals surface area contributed by atoms with E-state index >= 15 is 0 Å². The van der Waals surface area contributed by atoms with E-state index in [1.54, 1.807) is 0 Å². The molecule has 0 aromatic heterocycles. The highest BCUT2D eigenvalue weighted by Gasteiger charge is 2.13. The van der Waals surface area contributed by atoms with Crippen molar-refractivity contribution in [1.29, 1.82) is 0 Å². The van der Waals surface area contributed by atoms with Gasteiger partial charge in [-0.25, -0.2) is 0 Å². The highest BCUT2D eigenvalue weighted by Crippen LogP contribution is 2.19. The summed E-state index contributed by atoms with van der Waals surface area (Å²) < 4.78 is 0. The fraction of sp³-hybridized carbons (Fsp3) is 0.714. The predicted octanol–water partition coefficient (Wildman–Crippen LogP) is 4.43. The van der Waals surface area contributed by atoms with Crippen molar-refractivity contribution in [2.75, 3.05) is 6.54 Å². The molecule has 0 saturated heterocycles. The predicted molar refractivity (Wildman–Crippen MR) is 69.6 cm³/mol. The van der Waals surface area contributed by atoms with Crippen LogP contribution in [0.2, 0.25) is 0 Å². The molecule has 0 amide bonds. The van der Waals surface area contributed by atoms with Gasteiger partial charge in [-0.05, 0) is 30.9 Å². The van der Waals surface area contributed by atoms with Gasteiger partial charge in [0.05, 0.1) is 0 Å². The lowest BCUT2D eigenvalue weighted by Gasteiger charge is -2.27. The van der Waals surface area contributed by atoms with Gasteiger partial charge in [-0.15, -0.1) is 0 Å². The van der Waals surface area contributed by atoms with Crippen molar-refractivity contribution in [3.63, 3.8) is 0 Å². The first-order valence-electron chi connectivity index (χ1n) is 5.86. The maximum Gasteiger partial charge on any atom is 0.0267 e. The smallest absolute Gasteiger partial charge is 0.0267 e. The molecule has 1 nitrogen and oxygen atoms in total. The number of nitrogens with zero attached hydrogens (tertiary/aromatic N) is 1. The summed E-state index contributed by atoms with van der Waals surface area (Å²) in [5.74, 6) is 0.660. The largest absolute Gasteiger partial charge is 0.354 e. The van der Waals surface area contributed by atoms with Crippen LogP contribution in [0.4, 0.5) is 0 Å². The van der Waals surface area contributed by atoms with Crippen molar-refractivity contribution in [3.8, 4) is 0 Å². The van der Waals surface area contributed by atoms with Crippen LogP contribution in [0.1, 0.15) is 48.0 Å². The topological polar surface area (TPSA) is 3.24 Å². The molecule has 0 radical (unpaired) electrons. The quantitative estimate of drug-likeness (QED) is 0.647. The molecule has 0 saturated carbocycles. The van der Waals surface area contributed by atoms with E-state index in [-0.39, 0.29) is 0 Å². The average Bonchev–Trinajstić information content (AvgIpc) is 2.13. The number of allylic oxidation sites excluding steroid dienone is 1. The van der Waals surface area contributed by atoms with Crippen LogP contribution in [-0.4, -0.2) is 11.4 Å². The van der Waals surface area contributed by atoms with Crippen molar-refractivity contribution < 1.29 is 0 Å². The zero-order chi connectivity index (χ0) is 12.1. The van der Waals surface area contributed by atoms with Crippen LogP contribution >= 0.6 is 0 Å². The third-order valence-corrected chi connectivity index (χ3v) is 2.65. The van der Waals surface area contributed by atoms with Gasteiger partial charge in [-0.2, -0.15) is 0 Å². The lowest BCUT2D eigenvalue weighted by atomic mass is 9.95. The van der Waals surface area contributed by atoms with E-state index in [0.29, 0.717) is 11.3 Å². The second kappa shape index (κ2) is 5.99. The van der Waals surface area contributed by atoms with Gasteiger partial charge >= 0.3 is 0 Å². The molecule has 0 aliphatic rings. The minimum atomic E-state index is 0.306. The van der Waals surface area contributed by atoms with Gasteiger partial charge in [0.1, 0.15) is 0 Å². The number of rotatable bonds is 5. The Hall–Kier alpha value is -0.720. The van der Waals surface area contributed by atoms with Gasteiger partial charge in [-0.1, -0.05) is 46.8 Å². The number of hydrogen-bond acceptors (Lipinski definition) is 1. The summed E-state index contributed by atoms with van der Waals surface area (Å²) in [6.45, 7) is 18.3. The second-order valence-corrected chi connectivity index (χ2v) is 5.60. The first kappa shape index (κ1) is 14.3. The summed E-state index contributed by atoms with van der Waals surface area (Å²) in [6.07, 6.45) is 5.34. The second-order valence-electron chi connectivity index (χ2n) is 5.60. The molecule has 0 N–H and O–H groups in total. The Labute approximate surface area is 95.9 Å². The highest BCUT2D eigenvalue weighted by molar-refractivity contribution is 5.03. The van der Waals surface area contributed by atoms with Gasteiger partial charge < -0.3 is 4.90 Å². The van der Waals surface area contributed by atoms with Crippen molar-refractivity contribution >= 4 is 0 Å². The summed E-state index contributed by atoms with van der Waals surface area (Å²) in [5.41, 5.74) is 1.74. The first-order valence-corrected chi connectivity index (χ1v) is 5.86. The molecule has 0 aliphatic carbocycles. The molecule has 0 fully saturated rings. The van der Waals surface area contributed by atoms with Gasteiger partial charge in [0.25, 0.3) is 0 Å². The Morgan fingerprint density at radius 2 is 1.93 bits per heavy atom. The third-order valence-electron chi connectivity index (χ3n) is 2.65. The van der Waals surface area contributed by atoms with Crippen molar-refractivity contribution in [2.24, 2.45) is 11.3 Å². The van der Waals surface area contributed by atoms with Crippen molar-refractivity contribution in [1.82, 2.24) is 4.90 Å². The third kappa shape index (κ3) is 6.38. The molecule has 0 aromatic carbocycles. The molecule has 15 heavy (non-hydrogen) atoms. The molecular weight excluding hydrogens is 182 g/mol. The van der Waals surface area contributed by atoms with Crippen molar-refractivity contribution in [2.45, 2.75) is 48.0 Å². The molecule has 0 aromatic rings. The van der Waals surface area contributed by atoms with E-state index in [2.05, 4.69) is 59.2 Å². The van der Waals surface area contributed by atoms with E-state index in [1.807, 2.05) is 6.20 Å². The highest BCUT2D eigenvalue weighted by atomic mass is 15.1. The van der Waals surface area contributed by atoms with E-state index in [9.17, 15) is 0 Å². The molecule has 1 unspecified atom stereocenters. The van der Waals surface area contributed by atoms with E-state index in [1.165, 1.54) is 12.0 Å². The van der Waals surface area contributed by atoms with Crippen LogP contribution in [0.25, 0.3) is 0 Å². The zero-order valence-corrected chi connectivity index (χ0v) is 11.3. The summed E-state index contributed by atoms with van der Waals surface area (Å²) in [6, 6.07) is 0. The zero-order valence-electron chi connectivity index (χ0n) is 11.3. The van der Waals surface area contributed by atoms with Gasteiger partial charge in [0.2, 0.25) is 0 Å². The Morgan fingerprint density at radius 3 is 2.27 bits per heavy atom. The lowest BCUT2D eigenvalue weighted by molar-refractivity contribution is 0.303. The maximum absolute atomic E-state index is 3.86.